The minimum Gasteiger partial charge on any atom is -0.489 e. The largest absolute Gasteiger partial charge is 0.489 e. The van der Waals surface area contributed by atoms with Crippen LogP contribution in [0.3, 0.4) is 0 Å². The van der Waals surface area contributed by atoms with Crippen molar-refractivity contribution in [3.05, 3.63) is 177 Å². The first-order valence-electron chi connectivity index (χ1n) is 19.2. The summed E-state index contributed by atoms with van der Waals surface area (Å²) in [5, 5.41) is 6.76. The van der Waals surface area contributed by atoms with E-state index in [0.29, 0.717) is 38.4 Å². The van der Waals surface area contributed by atoms with E-state index < -0.39 is 30.1 Å². The van der Waals surface area contributed by atoms with Crippen LogP contribution in [0, 0.1) is 0 Å². The average Bonchev–Trinajstić information content (AvgIpc) is 3.28. The Morgan fingerprint density at radius 3 is 2.28 bits per heavy atom. The fourth-order valence-electron chi connectivity index (χ4n) is 7.36. The Balaban J connectivity index is 1.01. The van der Waals surface area contributed by atoms with Gasteiger partial charge in [-0.3, -0.25) is 19.4 Å². The number of nitrogens with zero attached hydrogens (tertiary/aromatic N) is 2. The standard InChI is InChI=1S/C47H38Cl2N4O7/c1-58-47(57)40(22-28-7-10-30(11-8-28)31-17-19-50-20-18-31)52-44(54)41-24-34-23-39-42(25-35(34)26-53(41)46(56)33-5-3-2-4-6-33)60-43(45(55)51-39)32-12-14-36(15-13-32)59-27-29-9-16-37(48)38(49)21-29/h2-21,23,25,40-41,43H,22,24,26-27H2,1H3,(H,51,55)(H,52,54)/t40?,41-,43-/m0/s1. The van der Waals surface area contributed by atoms with Crippen LogP contribution in [0.25, 0.3) is 11.1 Å². The molecule has 2 N–H and O–H groups in total. The maximum absolute atomic E-state index is 14.3. The Morgan fingerprint density at radius 2 is 1.57 bits per heavy atom. The zero-order chi connectivity index (χ0) is 41.8. The monoisotopic (exact) mass is 840 g/mol. The Labute approximate surface area is 356 Å². The lowest BCUT2D eigenvalue weighted by Gasteiger charge is -2.38. The Bertz CT molecular complexity index is 2560. The first-order valence-corrected chi connectivity index (χ1v) is 19.9. The number of aromatic nitrogens is 1. The van der Waals surface area contributed by atoms with Crippen molar-refractivity contribution in [2.24, 2.45) is 0 Å². The number of methoxy groups -OCH3 is 1. The fourth-order valence-corrected chi connectivity index (χ4v) is 7.68. The van der Waals surface area contributed by atoms with Gasteiger partial charge >= 0.3 is 5.97 Å². The van der Waals surface area contributed by atoms with Crippen molar-refractivity contribution in [3.63, 3.8) is 0 Å². The maximum atomic E-state index is 14.3. The molecule has 0 bridgehead atoms. The van der Waals surface area contributed by atoms with Crippen molar-refractivity contribution >= 4 is 52.6 Å². The summed E-state index contributed by atoms with van der Waals surface area (Å²) in [6.07, 6.45) is 2.76. The van der Waals surface area contributed by atoms with Crippen LogP contribution in [0.1, 0.15) is 44.3 Å². The molecule has 2 aliphatic rings. The first kappa shape index (κ1) is 40.1. The molecule has 11 nitrogen and oxygen atoms in total. The molecule has 3 heterocycles. The second-order valence-electron chi connectivity index (χ2n) is 14.5. The van der Waals surface area contributed by atoms with E-state index in [1.54, 1.807) is 85.2 Å². The molecule has 6 aromatic rings. The van der Waals surface area contributed by atoms with Crippen LogP contribution in [0.2, 0.25) is 10.0 Å². The van der Waals surface area contributed by atoms with Gasteiger partial charge in [-0.05, 0) is 94.0 Å². The zero-order valence-electron chi connectivity index (χ0n) is 32.3. The number of pyridine rings is 1. The fraction of sp³-hybridized carbons (Fsp3) is 0.170. The molecule has 1 unspecified atom stereocenters. The van der Waals surface area contributed by atoms with Crippen LogP contribution >= 0.6 is 23.2 Å². The predicted molar refractivity (Wildman–Crippen MR) is 227 cm³/mol. The number of carbonyl (C=O) groups is 4. The highest BCUT2D eigenvalue weighted by Gasteiger charge is 2.39. The van der Waals surface area contributed by atoms with Gasteiger partial charge in [0.15, 0.2) is 0 Å². The Morgan fingerprint density at radius 1 is 0.850 bits per heavy atom. The third-order valence-corrected chi connectivity index (χ3v) is 11.3. The van der Waals surface area contributed by atoms with Crippen LogP contribution in [0.5, 0.6) is 11.5 Å². The van der Waals surface area contributed by atoms with Gasteiger partial charge in [0.25, 0.3) is 11.8 Å². The minimum absolute atomic E-state index is 0.0701. The number of rotatable bonds is 11. The smallest absolute Gasteiger partial charge is 0.328 e. The van der Waals surface area contributed by atoms with Gasteiger partial charge in [0.1, 0.15) is 30.2 Å². The van der Waals surface area contributed by atoms with Gasteiger partial charge in [0.2, 0.25) is 12.0 Å². The van der Waals surface area contributed by atoms with E-state index >= 15 is 0 Å². The van der Waals surface area contributed by atoms with Crippen molar-refractivity contribution in [2.45, 2.75) is 44.2 Å². The van der Waals surface area contributed by atoms with E-state index in [4.69, 9.17) is 37.4 Å². The summed E-state index contributed by atoms with van der Waals surface area (Å²) in [7, 11) is 1.27. The molecule has 2 aliphatic heterocycles. The van der Waals surface area contributed by atoms with Crippen molar-refractivity contribution in [3.8, 4) is 22.6 Å². The van der Waals surface area contributed by atoms with Gasteiger partial charge in [0, 0.05) is 42.9 Å². The number of benzene rings is 5. The van der Waals surface area contributed by atoms with Crippen LogP contribution in [0.15, 0.2) is 134 Å². The predicted octanol–water partition coefficient (Wildman–Crippen LogP) is 8.17. The lowest BCUT2D eigenvalue weighted by atomic mass is 9.91. The molecule has 0 aliphatic carbocycles. The van der Waals surface area contributed by atoms with Crippen LogP contribution in [-0.2, 0) is 45.1 Å². The zero-order valence-corrected chi connectivity index (χ0v) is 33.8. The molecule has 60 heavy (non-hydrogen) atoms. The maximum Gasteiger partial charge on any atom is 0.328 e. The van der Waals surface area contributed by atoms with Gasteiger partial charge in [-0.2, -0.15) is 0 Å². The van der Waals surface area contributed by atoms with E-state index in [1.165, 1.54) is 12.0 Å². The quantitative estimate of drug-likeness (QED) is 0.125. The normalized spacial score (nSPS) is 16.0. The van der Waals surface area contributed by atoms with Crippen LogP contribution < -0.4 is 20.1 Å². The highest BCUT2D eigenvalue weighted by atomic mass is 35.5. The van der Waals surface area contributed by atoms with E-state index in [2.05, 4.69) is 15.6 Å². The molecule has 3 amide bonds. The molecule has 8 rings (SSSR count). The van der Waals surface area contributed by atoms with Crippen LogP contribution in [-0.4, -0.2) is 52.8 Å². The van der Waals surface area contributed by atoms with Crippen molar-refractivity contribution in [1.82, 2.24) is 15.2 Å². The summed E-state index contributed by atoms with van der Waals surface area (Å²) in [4.78, 5) is 60.6. The number of hydrogen-bond acceptors (Lipinski definition) is 8. The van der Waals surface area contributed by atoms with E-state index in [9.17, 15) is 19.2 Å². The molecule has 5 aromatic carbocycles. The molecular weight excluding hydrogens is 803 g/mol. The molecule has 13 heteroatoms. The molecule has 0 radical (unpaired) electrons. The highest BCUT2D eigenvalue weighted by Crippen LogP contribution is 2.40. The van der Waals surface area contributed by atoms with Crippen molar-refractivity contribution in [2.75, 3.05) is 12.4 Å². The van der Waals surface area contributed by atoms with Crippen molar-refractivity contribution < 1.29 is 33.4 Å². The summed E-state index contributed by atoms with van der Waals surface area (Å²) in [5.74, 6) is -0.842. The average molecular weight is 842 g/mol. The number of carbonyl (C=O) groups excluding carboxylic acids is 4. The van der Waals surface area contributed by atoms with Crippen LogP contribution in [0.4, 0.5) is 5.69 Å². The third kappa shape index (κ3) is 8.83. The Hall–Kier alpha value is -6.69. The summed E-state index contributed by atoms with van der Waals surface area (Å²) >= 11 is 12.2. The molecule has 1 aromatic heterocycles. The number of halogens is 2. The molecular formula is C47H38Cl2N4O7. The van der Waals surface area contributed by atoms with Gasteiger partial charge in [0.05, 0.1) is 22.8 Å². The molecule has 0 saturated heterocycles. The summed E-state index contributed by atoms with van der Waals surface area (Å²) in [5.41, 5.74) is 6.60. The molecule has 3 atom stereocenters. The van der Waals surface area contributed by atoms with Gasteiger partial charge in [-0.15, -0.1) is 0 Å². The minimum atomic E-state index is -1.03. The summed E-state index contributed by atoms with van der Waals surface area (Å²) in [6, 6.07) is 34.1. The van der Waals surface area contributed by atoms with Crippen molar-refractivity contribution in [1.29, 1.82) is 0 Å². The van der Waals surface area contributed by atoms with Gasteiger partial charge in [-0.25, -0.2) is 4.79 Å². The molecule has 0 spiro atoms. The first-order chi connectivity index (χ1) is 29.1. The lowest BCUT2D eigenvalue weighted by Crippen LogP contribution is -2.56. The Kier molecular flexibility index (Phi) is 11.8. The number of anilines is 1. The number of nitrogens with one attached hydrogen (secondary N) is 2. The molecule has 0 saturated carbocycles. The number of hydrogen-bond donors (Lipinski definition) is 2. The molecule has 0 fully saturated rings. The number of ether oxygens (including phenoxy) is 3. The number of amides is 3. The van der Waals surface area contributed by atoms with E-state index in [1.807, 2.05) is 48.5 Å². The van der Waals surface area contributed by atoms with E-state index in [-0.39, 0.29) is 37.8 Å². The topological polar surface area (TPSA) is 136 Å². The summed E-state index contributed by atoms with van der Waals surface area (Å²) in [6.45, 7) is 0.344. The second kappa shape index (κ2) is 17.7. The van der Waals surface area contributed by atoms with Gasteiger partial charge in [-0.1, -0.05) is 83.9 Å². The number of esters is 1. The van der Waals surface area contributed by atoms with Gasteiger partial charge < -0.3 is 29.7 Å². The SMILES string of the molecule is COC(=O)C(Cc1ccc(-c2ccncc2)cc1)NC(=O)[C@@H]1Cc2cc3c(cc2CN1C(=O)c1ccccc1)O[C@@H](c1ccc(OCc2ccc(Cl)c(Cl)c2)cc1)C(=O)N3. The number of fused-ring (bicyclic) bond motifs is 2. The summed E-state index contributed by atoms with van der Waals surface area (Å²) < 4.78 is 17.3. The highest BCUT2D eigenvalue weighted by molar-refractivity contribution is 6.42. The van der Waals surface area contributed by atoms with E-state index in [0.717, 1.165) is 33.4 Å². The second-order valence-corrected chi connectivity index (χ2v) is 15.3. The lowest BCUT2D eigenvalue weighted by molar-refractivity contribution is -0.145. The molecule has 302 valence electrons. The third-order valence-electron chi connectivity index (χ3n) is 10.5.